The summed E-state index contributed by atoms with van der Waals surface area (Å²) in [6.07, 6.45) is 4.92. The normalized spacial score (nSPS) is 17.8. The van der Waals surface area contributed by atoms with E-state index in [0.717, 1.165) is 36.4 Å². The molecule has 0 aliphatic heterocycles. The first-order valence-corrected chi connectivity index (χ1v) is 10.2. The second-order valence-corrected chi connectivity index (χ2v) is 9.58. The highest BCUT2D eigenvalue weighted by atomic mass is 32.2. The Morgan fingerprint density at radius 2 is 1.41 bits per heavy atom. The molecule has 1 saturated carbocycles. The van der Waals surface area contributed by atoms with Crippen LogP contribution in [0.4, 0.5) is 0 Å². The number of hydrogen-bond donors (Lipinski definition) is 1. The lowest BCUT2D eigenvalue weighted by Crippen LogP contribution is -2.36. The summed E-state index contributed by atoms with van der Waals surface area (Å²) in [5.74, 6) is 0. The lowest BCUT2D eigenvalue weighted by molar-refractivity contribution is 0.412. The number of nitrogens with zero attached hydrogens (tertiary/aromatic N) is 1. The van der Waals surface area contributed by atoms with E-state index in [1.165, 1.54) is 38.4 Å². The van der Waals surface area contributed by atoms with Gasteiger partial charge in [-0.3, -0.25) is 0 Å². The first-order valence-electron chi connectivity index (χ1n) is 7.28. The average molecular weight is 346 g/mol. The van der Waals surface area contributed by atoms with Crippen LogP contribution >= 0.6 is 0 Å². The van der Waals surface area contributed by atoms with Gasteiger partial charge in [-0.15, -0.1) is 0 Å². The molecular weight excluding hydrogens is 324 g/mol. The predicted molar refractivity (Wildman–Crippen MR) is 84.5 cm³/mol. The summed E-state index contributed by atoms with van der Waals surface area (Å²) in [7, 11) is -4.28. The summed E-state index contributed by atoms with van der Waals surface area (Å²) in [5.41, 5.74) is 0. The largest absolute Gasteiger partial charge is 0.242 e. The second kappa shape index (κ2) is 6.66. The molecule has 0 saturated heterocycles. The first-order chi connectivity index (χ1) is 10.2. The fourth-order valence-corrected chi connectivity index (χ4v) is 4.72. The van der Waals surface area contributed by atoms with Gasteiger partial charge in [0.1, 0.15) is 0 Å². The van der Waals surface area contributed by atoms with Gasteiger partial charge in [0.15, 0.2) is 0 Å². The smallest absolute Gasteiger partial charge is 0.208 e. The maximum absolute atomic E-state index is 12.3. The molecule has 22 heavy (non-hydrogen) atoms. The van der Waals surface area contributed by atoms with Gasteiger partial charge in [-0.1, -0.05) is 19.3 Å². The summed E-state index contributed by atoms with van der Waals surface area (Å²) >= 11 is 0. The average Bonchev–Trinajstić information content (AvgIpc) is 2.48. The summed E-state index contributed by atoms with van der Waals surface area (Å²) < 4.78 is 52.4. The maximum atomic E-state index is 12.3. The van der Waals surface area contributed by atoms with Crippen molar-refractivity contribution in [2.75, 3.05) is 14.1 Å². The van der Waals surface area contributed by atoms with Gasteiger partial charge in [0, 0.05) is 20.1 Å². The monoisotopic (exact) mass is 346 g/mol. The van der Waals surface area contributed by atoms with Crippen LogP contribution in [0, 0.1) is 0 Å². The number of hydrogen-bond acceptors (Lipinski definition) is 4. The van der Waals surface area contributed by atoms with Crippen molar-refractivity contribution in [1.82, 2.24) is 9.03 Å². The van der Waals surface area contributed by atoms with Gasteiger partial charge in [-0.2, -0.15) is 0 Å². The van der Waals surface area contributed by atoms with Crippen molar-refractivity contribution in [3.63, 3.8) is 0 Å². The highest BCUT2D eigenvalue weighted by Crippen LogP contribution is 2.21. The number of nitrogens with one attached hydrogen (secondary N) is 1. The highest BCUT2D eigenvalue weighted by Gasteiger charge is 2.23. The Morgan fingerprint density at radius 3 is 1.91 bits per heavy atom. The summed E-state index contributed by atoms with van der Waals surface area (Å²) in [5, 5.41) is 0. The summed E-state index contributed by atoms with van der Waals surface area (Å²) in [4.78, 5) is 0.171. The van der Waals surface area contributed by atoms with Gasteiger partial charge in [-0.05, 0) is 37.1 Å². The first kappa shape index (κ1) is 17.4. The molecule has 0 amide bonds. The third kappa shape index (κ3) is 3.87. The minimum atomic E-state index is -3.60. The molecule has 2 rings (SSSR count). The molecule has 8 heteroatoms. The van der Waals surface area contributed by atoms with E-state index in [2.05, 4.69) is 4.72 Å². The van der Waals surface area contributed by atoms with Crippen LogP contribution in [0.15, 0.2) is 34.1 Å². The van der Waals surface area contributed by atoms with Crippen LogP contribution in [-0.2, 0) is 20.0 Å². The highest BCUT2D eigenvalue weighted by molar-refractivity contribution is 7.89. The van der Waals surface area contributed by atoms with Gasteiger partial charge in [-0.25, -0.2) is 25.9 Å². The molecule has 0 atom stereocenters. The van der Waals surface area contributed by atoms with Gasteiger partial charge < -0.3 is 0 Å². The third-order valence-electron chi connectivity index (χ3n) is 3.84. The molecule has 0 bridgehead atoms. The Morgan fingerprint density at radius 1 is 0.909 bits per heavy atom. The van der Waals surface area contributed by atoms with Crippen molar-refractivity contribution >= 4 is 20.0 Å². The zero-order valence-electron chi connectivity index (χ0n) is 12.8. The molecule has 6 nitrogen and oxygen atoms in total. The minimum Gasteiger partial charge on any atom is -0.208 e. The topological polar surface area (TPSA) is 83.6 Å². The molecule has 1 aromatic carbocycles. The van der Waals surface area contributed by atoms with Crippen LogP contribution in [-0.4, -0.2) is 41.3 Å². The molecular formula is C14H22N2O4S2. The van der Waals surface area contributed by atoms with E-state index in [1.807, 2.05) is 0 Å². The van der Waals surface area contributed by atoms with Crippen LogP contribution in [0.25, 0.3) is 0 Å². The van der Waals surface area contributed by atoms with E-state index in [-0.39, 0.29) is 15.8 Å². The number of benzene rings is 1. The van der Waals surface area contributed by atoms with E-state index in [0.29, 0.717) is 0 Å². The summed E-state index contributed by atoms with van der Waals surface area (Å²) in [6.45, 7) is 0. The SMILES string of the molecule is CN(C)S(=O)(=O)c1ccc(S(=O)(=O)NC2CCCCC2)cc1. The molecule has 0 radical (unpaired) electrons. The van der Waals surface area contributed by atoms with E-state index < -0.39 is 20.0 Å². The maximum Gasteiger partial charge on any atom is 0.242 e. The van der Waals surface area contributed by atoms with Crippen molar-refractivity contribution in [2.24, 2.45) is 0 Å². The van der Waals surface area contributed by atoms with Crippen molar-refractivity contribution in [2.45, 2.75) is 47.9 Å². The van der Waals surface area contributed by atoms with Crippen molar-refractivity contribution in [3.8, 4) is 0 Å². The second-order valence-electron chi connectivity index (χ2n) is 5.72. The van der Waals surface area contributed by atoms with E-state index in [1.54, 1.807) is 0 Å². The molecule has 1 N–H and O–H groups in total. The lowest BCUT2D eigenvalue weighted by Gasteiger charge is -2.22. The van der Waals surface area contributed by atoms with Gasteiger partial charge in [0.05, 0.1) is 9.79 Å². The molecule has 1 aromatic rings. The molecule has 0 unspecified atom stereocenters. The molecule has 1 fully saturated rings. The molecule has 1 aliphatic rings. The fourth-order valence-electron chi connectivity index (χ4n) is 2.51. The molecule has 0 spiro atoms. The Hall–Kier alpha value is -0.960. The molecule has 1 aliphatic carbocycles. The Bertz CT molecular complexity index is 704. The van der Waals surface area contributed by atoms with Crippen molar-refractivity contribution < 1.29 is 16.8 Å². The Balaban J connectivity index is 2.18. The molecule has 0 aromatic heterocycles. The van der Waals surface area contributed by atoms with Crippen LogP contribution < -0.4 is 4.72 Å². The number of sulfonamides is 2. The van der Waals surface area contributed by atoms with Crippen LogP contribution in [0.1, 0.15) is 32.1 Å². The Kier molecular flexibility index (Phi) is 5.26. The van der Waals surface area contributed by atoms with Gasteiger partial charge in [0.2, 0.25) is 20.0 Å². The van der Waals surface area contributed by atoms with Gasteiger partial charge in [0.25, 0.3) is 0 Å². The number of rotatable bonds is 5. The van der Waals surface area contributed by atoms with E-state index in [9.17, 15) is 16.8 Å². The van der Waals surface area contributed by atoms with Crippen LogP contribution in [0.2, 0.25) is 0 Å². The Labute approximate surface area is 132 Å². The van der Waals surface area contributed by atoms with Crippen LogP contribution in [0.5, 0.6) is 0 Å². The predicted octanol–water partition coefficient (Wildman–Crippen LogP) is 1.55. The van der Waals surface area contributed by atoms with Gasteiger partial charge >= 0.3 is 0 Å². The fraction of sp³-hybridized carbons (Fsp3) is 0.571. The quantitative estimate of drug-likeness (QED) is 0.877. The van der Waals surface area contributed by atoms with E-state index >= 15 is 0 Å². The zero-order valence-corrected chi connectivity index (χ0v) is 14.5. The zero-order chi connectivity index (χ0) is 16.4. The minimum absolute atomic E-state index is 0.0241. The molecule has 0 heterocycles. The third-order valence-corrected chi connectivity index (χ3v) is 7.21. The summed E-state index contributed by atoms with van der Waals surface area (Å²) in [6, 6.07) is 5.29. The van der Waals surface area contributed by atoms with Crippen molar-refractivity contribution in [3.05, 3.63) is 24.3 Å². The van der Waals surface area contributed by atoms with Crippen molar-refractivity contribution in [1.29, 1.82) is 0 Å². The van der Waals surface area contributed by atoms with E-state index in [4.69, 9.17) is 0 Å². The van der Waals surface area contributed by atoms with Crippen LogP contribution in [0.3, 0.4) is 0 Å². The standard InChI is InChI=1S/C14H22N2O4S2/c1-16(2)22(19,20)14-10-8-13(9-11-14)21(17,18)15-12-6-4-3-5-7-12/h8-12,15H,3-7H2,1-2H3. The molecule has 124 valence electrons. The lowest BCUT2D eigenvalue weighted by atomic mass is 9.96.